The lowest BCUT2D eigenvalue weighted by molar-refractivity contribution is -0.385. The summed E-state index contributed by atoms with van der Waals surface area (Å²) in [6.07, 6.45) is 2.41. The molecule has 1 unspecified atom stereocenters. The Hall–Kier alpha value is -1.99. The number of nitro benzene ring substituents is 1. The molecule has 0 aromatic heterocycles. The van der Waals surface area contributed by atoms with E-state index in [-0.39, 0.29) is 10.7 Å². The molecule has 0 fully saturated rings. The summed E-state index contributed by atoms with van der Waals surface area (Å²) in [4.78, 5) is 23.0. The highest BCUT2D eigenvalue weighted by Crippen LogP contribution is 2.41. The Bertz CT molecular complexity index is 757. The van der Waals surface area contributed by atoms with Crippen molar-refractivity contribution in [1.82, 2.24) is 0 Å². The van der Waals surface area contributed by atoms with Crippen molar-refractivity contribution in [1.29, 1.82) is 0 Å². The van der Waals surface area contributed by atoms with Gasteiger partial charge in [0.05, 0.1) is 11.0 Å². The zero-order valence-electron chi connectivity index (χ0n) is 18.5. The van der Waals surface area contributed by atoms with Gasteiger partial charge in [-0.2, -0.15) is 0 Å². The van der Waals surface area contributed by atoms with Crippen LogP contribution in [0.25, 0.3) is 0 Å². The van der Waals surface area contributed by atoms with Crippen molar-refractivity contribution < 1.29 is 18.9 Å². The lowest BCUT2D eigenvalue weighted by atomic mass is 10.0. The predicted octanol–water partition coefficient (Wildman–Crippen LogP) is 5.86. The quantitative estimate of drug-likeness (QED) is 0.194. The summed E-state index contributed by atoms with van der Waals surface area (Å²) in [5.41, 5.74) is 0.940. The smallest absolute Gasteiger partial charge is 0.331 e. The van der Waals surface area contributed by atoms with E-state index in [2.05, 4.69) is 33.9 Å². The van der Waals surface area contributed by atoms with Crippen molar-refractivity contribution in [2.75, 3.05) is 0 Å². The number of benzene rings is 1. The molecule has 0 aliphatic rings. The monoisotopic (exact) mass is 407 g/mol. The van der Waals surface area contributed by atoms with Crippen LogP contribution in [0, 0.1) is 17.0 Å². The van der Waals surface area contributed by atoms with Crippen molar-refractivity contribution in [2.45, 2.75) is 78.3 Å². The van der Waals surface area contributed by atoms with Gasteiger partial charge in [0.15, 0.2) is 8.32 Å². The van der Waals surface area contributed by atoms with Crippen LogP contribution < -0.4 is 0 Å². The summed E-state index contributed by atoms with van der Waals surface area (Å²) in [6.45, 7) is 17.8. The zero-order valence-corrected chi connectivity index (χ0v) is 19.5. The molecule has 0 bridgehead atoms. The average Bonchev–Trinajstić information content (AvgIpc) is 2.48. The lowest BCUT2D eigenvalue weighted by Gasteiger charge is -2.39. The van der Waals surface area contributed by atoms with E-state index in [1.165, 1.54) is 18.2 Å². The molecule has 0 amide bonds. The normalized spacial score (nSPS) is 14.2. The lowest BCUT2D eigenvalue weighted by Crippen LogP contribution is -2.41. The third-order valence-corrected chi connectivity index (χ3v) is 9.28. The van der Waals surface area contributed by atoms with E-state index in [0.29, 0.717) is 5.56 Å². The number of esters is 1. The van der Waals surface area contributed by atoms with E-state index in [1.54, 1.807) is 32.9 Å². The maximum atomic E-state index is 12.2. The maximum Gasteiger partial charge on any atom is 0.331 e. The molecule has 1 aromatic carbocycles. The van der Waals surface area contributed by atoms with Gasteiger partial charge in [-0.3, -0.25) is 10.1 Å². The highest BCUT2D eigenvalue weighted by atomic mass is 28.4. The number of nitro groups is 1. The van der Waals surface area contributed by atoms with E-state index in [0.717, 1.165) is 5.56 Å². The molecule has 6 nitrogen and oxygen atoms in total. The fourth-order valence-electron chi connectivity index (χ4n) is 2.25. The first-order valence-corrected chi connectivity index (χ1v) is 12.3. The van der Waals surface area contributed by atoms with Gasteiger partial charge >= 0.3 is 5.97 Å². The van der Waals surface area contributed by atoms with Crippen LogP contribution in [-0.4, -0.2) is 24.8 Å². The first-order chi connectivity index (χ1) is 12.5. The minimum atomic E-state index is -2.21. The van der Waals surface area contributed by atoms with Gasteiger partial charge < -0.3 is 9.16 Å². The van der Waals surface area contributed by atoms with Crippen LogP contribution in [0.3, 0.4) is 0 Å². The van der Waals surface area contributed by atoms with E-state index >= 15 is 0 Å². The van der Waals surface area contributed by atoms with Crippen LogP contribution in [0.15, 0.2) is 30.4 Å². The molecule has 7 heteroatoms. The number of non-ortho nitro benzene ring substituents is 1. The molecular weight excluding hydrogens is 374 g/mol. The molecule has 0 radical (unpaired) electrons. The number of hydrogen-bond acceptors (Lipinski definition) is 5. The van der Waals surface area contributed by atoms with Gasteiger partial charge in [0.25, 0.3) is 5.69 Å². The number of nitrogens with zero attached hydrogens (tertiary/aromatic N) is 1. The van der Waals surface area contributed by atoms with Gasteiger partial charge in [0, 0.05) is 18.2 Å². The summed E-state index contributed by atoms with van der Waals surface area (Å²) in [5.74, 6) is -0.473. The van der Waals surface area contributed by atoms with Crippen molar-refractivity contribution in [3.05, 3.63) is 51.6 Å². The number of carbonyl (C=O) groups is 1. The highest BCUT2D eigenvalue weighted by molar-refractivity contribution is 6.74. The number of aryl methyl sites for hydroxylation is 1. The minimum absolute atomic E-state index is 0.00454. The van der Waals surface area contributed by atoms with Gasteiger partial charge in [-0.15, -0.1) is 0 Å². The molecule has 28 heavy (non-hydrogen) atoms. The van der Waals surface area contributed by atoms with Gasteiger partial charge in [-0.05, 0) is 63.0 Å². The van der Waals surface area contributed by atoms with Crippen molar-refractivity contribution in [3.8, 4) is 0 Å². The number of rotatable bonds is 6. The average molecular weight is 408 g/mol. The Morgan fingerprint density at radius 3 is 2.21 bits per heavy atom. The van der Waals surface area contributed by atoms with Crippen LogP contribution in [0.1, 0.15) is 58.8 Å². The molecule has 0 N–H and O–H groups in total. The van der Waals surface area contributed by atoms with Crippen molar-refractivity contribution in [3.63, 3.8) is 0 Å². The summed E-state index contributed by atoms with van der Waals surface area (Å²) in [6, 6.07) is 4.70. The number of hydrogen-bond donors (Lipinski definition) is 0. The maximum absolute atomic E-state index is 12.2. The molecule has 1 rings (SSSR count). The Morgan fingerprint density at radius 2 is 1.75 bits per heavy atom. The Balaban J connectivity index is 3.35. The zero-order chi connectivity index (χ0) is 21.9. The Labute approximate surface area is 169 Å². The largest absolute Gasteiger partial charge is 0.457 e. The fourth-order valence-corrected chi connectivity index (χ4v) is 3.44. The van der Waals surface area contributed by atoms with Crippen LogP contribution in [0.2, 0.25) is 18.1 Å². The fraction of sp³-hybridized carbons (Fsp3) is 0.571. The molecule has 156 valence electrons. The summed E-state index contributed by atoms with van der Waals surface area (Å²) >= 11 is 0. The van der Waals surface area contributed by atoms with Crippen LogP contribution in [0.5, 0.6) is 0 Å². The Morgan fingerprint density at radius 1 is 1.18 bits per heavy atom. The second-order valence-corrected chi connectivity index (χ2v) is 14.2. The molecule has 0 spiro atoms. The third-order valence-electron chi connectivity index (χ3n) is 4.82. The van der Waals surface area contributed by atoms with Crippen LogP contribution >= 0.6 is 0 Å². The molecule has 0 saturated heterocycles. The first kappa shape index (κ1) is 24.0. The Kier molecular flexibility index (Phi) is 7.36. The van der Waals surface area contributed by atoms with Crippen LogP contribution in [0.4, 0.5) is 5.69 Å². The minimum Gasteiger partial charge on any atom is -0.457 e. The third kappa shape index (κ3) is 6.87. The molecule has 1 aromatic rings. The second kappa shape index (κ2) is 8.57. The summed E-state index contributed by atoms with van der Waals surface area (Å²) in [5, 5.41) is 11.2. The first-order valence-electron chi connectivity index (χ1n) is 9.37. The number of carbonyl (C=O) groups excluding carboxylic acids is 1. The molecule has 0 heterocycles. The van der Waals surface area contributed by atoms with Crippen LogP contribution in [-0.2, 0) is 14.0 Å². The molecule has 0 aliphatic heterocycles. The van der Waals surface area contributed by atoms with Gasteiger partial charge in [-0.1, -0.05) is 26.8 Å². The van der Waals surface area contributed by atoms with Crippen molar-refractivity contribution >= 4 is 20.0 Å². The summed E-state index contributed by atoms with van der Waals surface area (Å²) in [7, 11) is -2.21. The van der Waals surface area contributed by atoms with Gasteiger partial charge in [0.1, 0.15) is 5.60 Å². The van der Waals surface area contributed by atoms with E-state index in [4.69, 9.17) is 9.16 Å². The van der Waals surface area contributed by atoms with E-state index in [1.807, 2.05) is 6.92 Å². The SMILES string of the molecule is Cc1ccc([N+](=O)[O-])cc1C(/C=C/C(=O)OC(C)(C)C)O[Si](C)(C)C(C)(C)C. The topological polar surface area (TPSA) is 78.7 Å². The molecule has 1 atom stereocenters. The highest BCUT2D eigenvalue weighted by Gasteiger charge is 2.39. The second-order valence-electron chi connectivity index (χ2n) is 9.49. The molecule has 0 aliphatic carbocycles. The predicted molar refractivity (Wildman–Crippen MR) is 114 cm³/mol. The van der Waals surface area contributed by atoms with Crippen molar-refractivity contribution in [2.24, 2.45) is 0 Å². The summed E-state index contributed by atoms with van der Waals surface area (Å²) < 4.78 is 11.8. The van der Waals surface area contributed by atoms with E-state index in [9.17, 15) is 14.9 Å². The number of ether oxygens (including phenoxy) is 1. The molecular formula is C21H33NO5Si. The van der Waals surface area contributed by atoms with E-state index < -0.39 is 30.9 Å². The molecule has 0 saturated carbocycles. The van der Waals surface area contributed by atoms with Gasteiger partial charge in [-0.25, -0.2) is 4.79 Å². The standard InChI is InChI=1S/C21H33NO5Si/c1-15-10-11-16(22(24)25)14-17(15)18(27-28(8,9)21(5,6)7)12-13-19(23)26-20(2,3)4/h10-14,18H,1-9H3/b13-12+. The van der Waals surface area contributed by atoms with Gasteiger partial charge in [0.2, 0.25) is 0 Å².